The summed E-state index contributed by atoms with van der Waals surface area (Å²) in [5, 5.41) is 2.77. The summed E-state index contributed by atoms with van der Waals surface area (Å²) in [6.07, 6.45) is 0. The molecule has 0 radical (unpaired) electrons. The van der Waals surface area contributed by atoms with Crippen molar-refractivity contribution in [2.45, 2.75) is 11.5 Å². The minimum absolute atomic E-state index is 0.187. The van der Waals surface area contributed by atoms with Crippen LogP contribution in [0.15, 0.2) is 78.9 Å². The van der Waals surface area contributed by atoms with Crippen LogP contribution >= 0.6 is 0 Å². The number of hydrogen-bond acceptors (Lipinski definition) is 3. The Labute approximate surface area is 157 Å². The second-order valence-corrected chi connectivity index (χ2v) is 8.24. The van der Waals surface area contributed by atoms with Crippen molar-refractivity contribution in [3.63, 3.8) is 0 Å². The molecule has 0 aliphatic rings. The molecular weight excluding hydrogens is 365 g/mol. The summed E-state index contributed by atoms with van der Waals surface area (Å²) in [7, 11) is -3.46. The highest BCUT2D eigenvalue weighted by molar-refractivity contribution is 7.89. The molecule has 0 spiro atoms. The molecule has 0 bridgehead atoms. The number of para-hydroxylation sites is 1. The molecule has 3 rings (SSSR count). The van der Waals surface area contributed by atoms with Crippen molar-refractivity contribution < 1.29 is 17.6 Å². The van der Waals surface area contributed by atoms with E-state index >= 15 is 0 Å². The first kappa shape index (κ1) is 18.8. The van der Waals surface area contributed by atoms with Gasteiger partial charge in [0.05, 0.1) is 11.5 Å². The number of anilines is 1. The standard InChI is InChI=1S/C21H18FNO3S/c22-19-11-9-16(10-12-19)14-27(25,26)15-17-5-4-6-18(13-17)21(24)23-20-7-2-1-3-8-20/h1-13H,14-15H2,(H,23,24). The van der Waals surface area contributed by atoms with Crippen LogP contribution in [0.2, 0.25) is 0 Å². The highest BCUT2D eigenvalue weighted by Crippen LogP contribution is 2.16. The second kappa shape index (κ2) is 8.14. The molecule has 0 atom stereocenters. The monoisotopic (exact) mass is 383 g/mol. The molecule has 0 heterocycles. The quantitative estimate of drug-likeness (QED) is 0.694. The van der Waals surface area contributed by atoms with Crippen molar-refractivity contribution in [1.29, 1.82) is 0 Å². The van der Waals surface area contributed by atoms with E-state index in [2.05, 4.69) is 5.32 Å². The van der Waals surface area contributed by atoms with Gasteiger partial charge in [-0.15, -0.1) is 0 Å². The molecule has 1 N–H and O–H groups in total. The highest BCUT2D eigenvalue weighted by Gasteiger charge is 2.15. The smallest absolute Gasteiger partial charge is 0.255 e. The van der Waals surface area contributed by atoms with Crippen LogP contribution in [-0.2, 0) is 21.3 Å². The maximum Gasteiger partial charge on any atom is 0.255 e. The molecule has 138 valence electrons. The molecule has 27 heavy (non-hydrogen) atoms. The number of hydrogen-bond donors (Lipinski definition) is 1. The number of halogens is 1. The molecule has 0 saturated carbocycles. The first-order chi connectivity index (χ1) is 12.9. The minimum Gasteiger partial charge on any atom is -0.322 e. The van der Waals surface area contributed by atoms with Crippen molar-refractivity contribution in [3.8, 4) is 0 Å². The van der Waals surface area contributed by atoms with Gasteiger partial charge in [-0.1, -0.05) is 42.5 Å². The number of amides is 1. The van der Waals surface area contributed by atoms with Crippen LogP contribution in [0.25, 0.3) is 0 Å². The topological polar surface area (TPSA) is 63.2 Å². The largest absolute Gasteiger partial charge is 0.322 e. The van der Waals surface area contributed by atoms with Crippen LogP contribution in [0.1, 0.15) is 21.5 Å². The first-order valence-electron chi connectivity index (χ1n) is 8.31. The van der Waals surface area contributed by atoms with E-state index in [0.29, 0.717) is 22.4 Å². The van der Waals surface area contributed by atoms with E-state index in [1.54, 1.807) is 36.4 Å². The summed E-state index contributed by atoms with van der Waals surface area (Å²) in [6.45, 7) is 0. The lowest BCUT2D eigenvalue weighted by Gasteiger charge is -2.08. The third kappa shape index (κ3) is 5.49. The van der Waals surface area contributed by atoms with Crippen molar-refractivity contribution in [2.24, 2.45) is 0 Å². The maximum atomic E-state index is 13.0. The number of sulfone groups is 1. The molecule has 0 unspecified atom stereocenters. The molecule has 0 saturated heterocycles. The lowest BCUT2D eigenvalue weighted by molar-refractivity contribution is 0.102. The Morgan fingerprint density at radius 2 is 1.48 bits per heavy atom. The van der Waals surface area contributed by atoms with Gasteiger partial charge in [-0.05, 0) is 47.5 Å². The van der Waals surface area contributed by atoms with E-state index in [4.69, 9.17) is 0 Å². The van der Waals surface area contributed by atoms with Gasteiger partial charge in [0.25, 0.3) is 5.91 Å². The third-order valence-corrected chi connectivity index (χ3v) is 5.45. The summed E-state index contributed by atoms with van der Waals surface area (Å²) < 4.78 is 37.8. The fraction of sp³-hybridized carbons (Fsp3) is 0.0952. The maximum absolute atomic E-state index is 13.0. The van der Waals surface area contributed by atoms with Crippen molar-refractivity contribution >= 4 is 21.4 Å². The molecule has 0 aromatic heterocycles. The van der Waals surface area contributed by atoms with E-state index in [9.17, 15) is 17.6 Å². The summed E-state index contributed by atoms with van der Waals surface area (Å²) in [5.41, 5.74) is 2.09. The molecule has 4 nitrogen and oxygen atoms in total. The Balaban J connectivity index is 1.71. The van der Waals surface area contributed by atoms with Crippen molar-refractivity contribution in [3.05, 3.63) is 101 Å². The average molecular weight is 383 g/mol. The zero-order valence-electron chi connectivity index (χ0n) is 14.4. The second-order valence-electron chi connectivity index (χ2n) is 6.18. The predicted molar refractivity (Wildman–Crippen MR) is 104 cm³/mol. The first-order valence-corrected chi connectivity index (χ1v) is 10.1. The van der Waals surface area contributed by atoms with Gasteiger partial charge in [0, 0.05) is 11.3 Å². The van der Waals surface area contributed by atoms with Crippen LogP contribution in [-0.4, -0.2) is 14.3 Å². The Morgan fingerprint density at radius 1 is 0.815 bits per heavy atom. The fourth-order valence-electron chi connectivity index (χ4n) is 2.67. The van der Waals surface area contributed by atoms with Crippen molar-refractivity contribution in [1.82, 2.24) is 0 Å². The summed E-state index contributed by atoms with van der Waals surface area (Å²) in [6, 6.07) is 20.9. The van der Waals surface area contributed by atoms with Gasteiger partial charge in [0.1, 0.15) is 5.82 Å². The van der Waals surface area contributed by atoms with E-state index in [0.717, 1.165) is 0 Å². The number of benzene rings is 3. The predicted octanol–water partition coefficient (Wildman–Crippen LogP) is 4.19. The fourth-order valence-corrected chi connectivity index (χ4v) is 4.16. The molecule has 3 aromatic rings. The summed E-state index contributed by atoms with van der Waals surface area (Å²) in [5.74, 6) is -1.10. The van der Waals surface area contributed by atoms with E-state index < -0.39 is 15.7 Å². The number of carbonyl (C=O) groups excluding carboxylic acids is 1. The van der Waals surface area contributed by atoms with E-state index in [1.165, 1.54) is 24.3 Å². The lowest BCUT2D eigenvalue weighted by Crippen LogP contribution is -2.13. The number of carbonyl (C=O) groups is 1. The van der Waals surface area contributed by atoms with Gasteiger partial charge in [0.15, 0.2) is 9.84 Å². The van der Waals surface area contributed by atoms with Gasteiger partial charge < -0.3 is 5.32 Å². The van der Waals surface area contributed by atoms with Gasteiger partial charge >= 0.3 is 0 Å². The van der Waals surface area contributed by atoms with Gasteiger partial charge in [-0.2, -0.15) is 0 Å². The van der Waals surface area contributed by atoms with E-state index in [-0.39, 0.29) is 17.4 Å². The van der Waals surface area contributed by atoms with Gasteiger partial charge in [-0.3, -0.25) is 4.79 Å². The number of nitrogens with one attached hydrogen (secondary N) is 1. The Morgan fingerprint density at radius 3 is 2.19 bits per heavy atom. The third-order valence-electron chi connectivity index (χ3n) is 3.91. The normalized spacial score (nSPS) is 11.1. The molecule has 0 aliphatic carbocycles. The van der Waals surface area contributed by atoms with Crippen LogP contribution in [0.4, 0.5) is 10.1 Å². The summed E-state index contributed by atoms with van der Waals surface area (Å²) in [4.78, 5) is 12.4. The van der Waals surface area contributed by atoms with Gasteiger partial charge in [-0.25, -0.2) is 12.8 Å². The highest BCUT2D eigenvalue weighted by atomic mass is 32.2. The molecule has 3 aromatic carbocycles. The molecule has 1 amide bonds. The van der Waals surface area contributed by atoms with Gasteiger partial charge in [0.2, 0.25) is 0 Å². The van der Waals surface area contributed by atoms with Crippen molar-refractivity contribution in [2.75, 3.05) is 5.32 Å². The Hall–Kier alpha value is -2.99. The van der Waals surface area contributed by atoms with Crippen LogP contribution < -0.4 is 5.32 Å². The molecular formula is C21H18FNO3S. The molecule has 0 aliphatic heterocycles. The average Bonchev–Trinajstić information content (AvgIpc) is 2.64. The zero-order chi connectivity index (χ0) is 19.3. The molecule has 6 heteroatoms. The summed E-state index contributed by atoms with van der Waals surface area (Å²) >= 11 is 0. The zero-order valence-corrected chi connectivity index (χ0v) is 15.2. The van der Waals surface area contributed by atoms with Crippen LogP contribution in [0, 0.1) is 5.82 Å². The van der Waals surface area contributed by atoms with Crippen LogP contribution in [0.3, 0.4) is 0 Å². The van der Waals surface area contributed by atoms with E-state index in [1.807, 2.05) is 18.2 Å². The minimum atomic E-state index is -3.46. The number of rotatable bonds is 6. The molecule has 0 fully saturated rings. The SMILES string of the molecule is O=C(Nc1ccccc1)c1cccc(CS(=O)(=O)Cc2ccc(F)cc2)c1. The Kier molecular flexibility index (Phi) is 5.66. The lowest BCUT2D eigenvalue weighted by atomic mass is 10.1. The Bertz CT molecular complexity index is 1030. The van der Waals surface area contributed by atoms with Crippen LogP contribution in [0.5, 0.6) is 0 Å².